The Labute approximate surface area is 185 Å². The lowest BCUT2D eigenvalue weighted by Gasteiger charge is -2.10. The second-order valence-electron chi connectivity index (χ2n) is 6.65. The summed E-state index contributed by atoms with van der Waals surface area (Å²) >= 11 is 1.55. The van der Waals surface area contributed by atoms with Crippen molar-refractivity contribution in [2.24, 2.45) is 0 Å². The van der Waals surface area contributed by atoms with Gasteiger partial charge in [-0.3, -0.25) is 4.79 Å². The van der Waals surface area contributed by atoms with Gasteiger partial charge in [-0.2, -0.15) is 8.78 Å². The van der Waals surface area contributed by atoms with Gasteiger partial charge in [-0.1, -0.05) is 60.8 Å². The fraction of sp³-hybridized carbons (Fsp3) is 0.238. The molecule has 0 aliphatic heterocycles. The largest absolute Gasteiger partial charge is 0.324 e. The molecule has 160 valence electrons. The normalized spacial score (nSPS) is 11.5. The Morgan fingerprint density at radius 3 is 2.71 bits per heavy atom. The number of hydrogen-bond donors (Lipinski definition) is 1. The van der Waals surface area contributed by atoms with Gasteiger partial charge in [-0.25, -0.2) is 4.98 Å². The highest BCUT2D eigenvalue weighted by Crippen LogP contribution is 2.32. The van der Waals surface area contributed by atoms with E-state index in [0.717, 1.165) is 46.8 Å². The maximum Gasteiger partial charge on any atom is 0.288 e. The molecule has 10 heteroatoms. The number of anilines is 1. The lowest BCUT2D eigenvalue weighted by molar-refractivity contribution is -0.113. The van der Waals surface area contributed by atoms with Crippen LogP contribution in [-0.2, 0) is 11.3 Å². The fourth-order valence-electron chi connectivity index (χ4n) is 3.29. The maximum atomic E-state index is 12.7. The predicted octanol–water partition coefficient (Wildman–Crippen LogP) is 5.44. The Kier molecular flexibility index (Phi) is 6.67. The highest BCUT2D eigenvalue weighted by atomic mass is 32.2. The predicted molar refractivity (Wildman–Crippen MR) is 121 cm³/mol. The van der Waals surface area contributed by atoms with E-state index >= 15 is 0 Å². The number of fused-ring (bicyclic) bond motifs is 3. The number of nitrogens with zero attached hydrogens (tertiary/aromatic N) is 4. The molecule has 2 aromatic carbocycles. The van der Waals surface area contributed by atoms with Gasteiger partial charge < -0.3 is 9.88 Å². The van der Waals surface area contributed by atoms with Crippen molar-refractivity contribution < 1.29 is 13.6 Å². The number of para-hydroxylation sites is 2. The smallest absolute Gasteiger partial charge is 0.288 e. The second-order valence-corrected chi connectivity index (χ2v) is 8.62. The highest BCUT2D eigenvalue weighted by Gasteiger charge is 2.16. The highest BCUT2D eigenvalue weighted by molar-refractivity contribution is 8.00. The van der Waals surface area contributed by atoms with E-state index in [2.05, 4.69) is 32.0 Å². The van der Waals surface area contributed by atoms with Gasteiger partial charge in [0.1, 0.15) is 5.52 Å². The van der Waals surface area contributed by atoms with Crippen LogP contribution in [0.4, 0.5) is 14.5 Å². The van der Waals surface area contributed by atoms with E-state index in [1.165, 1.54) is 0 Å². The molecule has 0 saturated carbocycles. The van der Waals surface area contributed by atoms with Crippen LogP contribution in [0.2, 0.25) is 0 Å². The molecule has 0 aliphatic rings. The van der Waals surface area contributed by atoms with Gasteiger partial charge in [0.05, 0.1) is 17.0 Å². The van der Waals surface area contributed by atoms with Gasteiger partial charge in [-0.15, -0.1) is 10.2 Å². The van der Waals surface area contributed by atoms with Gasteiger partial charge in [0.15, 0.2) is 5.65 Å². The van der Waals surface area contributed by atoms with Crippen molar-refractivity contribution in [3.63, 3.8) is 0 Å². The Balaban J connectivity index is 1.51. The van der Waals surface area contributed by atoms with Crippen LogP contribution in [0.25, 0.3) is 22.1 Å². The molecule has 1 amide bonds. The first kappa shape index (κ1) is 21.5. The molecule has 0 bridgehead atoms. The SMILES string of the molecule is CCCn1c2ccccc2c2nnc(SCC(=O)Nc3ccccc3SC(F)F)nc21. The molecule has 0 radical (unpaired) electrons. The van der Waals surface area contributed by atoms with E-state index < -0.39 is 5.76 Å². The van der Waals surface area contributed by atoms with E-state index in [4.69, 9.17) is 0 Å². The quantitative estimate of drug-likeness (QED) is 0.354. The van der Waals surface area contributed by atoms with Crippen LogP contribution >= 0.6 is 23.5 Å². The van der Waals surface area contributed by atoms with Crippen molar-refractivity contribution in [3.05, 3.63) is 48.5 Å². The van der Waals surface area contributed by atoms with Crippen molar-refractivity contribution in [2.45, 2.75) is 35.7 Å². The second kappa shape index (κ2) is 9.61. The van der Waals surface area contributed by atoms with Crippen molar-refractivity contribution >= 4 is 57.2 Å². The number of aromatic nitrogens is 4. The zero-order valence-corrected chi connectivity index (χ0v) is 18.2. The Morgan fingerprint density at radius 2 is 1.90 bits per heavy atom. The van der Waals surface area contributed by atoms with Crippen LogP contribution < -0.4 is 5.32 Å². The minimum absolute atomic E-state index is 0.0366. The number of halogens is 2. The molecular weight excluding hydrogens is 440 g/mol. The van der Waals surface area contributed by atoms with Gasteiger partial charge in [-0.05, 0) is 24.6 Å². The van der Waals surface area contributed by atoms with E-state index in [-0.39, 0.29) is 11.7 Å². The first-order chi connectivity index (χ1) is 15.1. The van der Waals surface area contributed by atoms with E-state index in [1.807, 2.05) is 24.3 Å². The number of rotatable bonds is 8. The molecule has 0 spiro atoms. The van der Waals surface area contributed by atoms with Crippen LogP contribution in [-0.4, -0.2) is 37.2 Å². The molecule has 0 fully saturated rings. The third-order valence-corrected chi connectivity index (χ3v) is 6.14. The van der Waals surface area contributed by atoms with E-state index in [9.17, 15) is 13.6 Å². The van der Waals surface area contributed by atoms with Crippen LogP contribution in [0, 0.1) is 0 Å². The average Bonchev–Trinajstić information content (AvgIpc) is 3.07. The molecular formula is C21H19F2N5OS2. The number of carbonyl (C=O) groups is 1. The summed E-state index contributed by atoms with van der Waals surface area (Å²) < 4.78 is 27.6. The number of alkyl halides is 2. The van der Waals surface area contributed by atoms with Gasteiger partial charge in [0.2, 0.25) is 11.1 Å². The summed E-state index contributed by atoms with van der Waals surface area (Å²) in [5, 5.41) is 12.6. The Morgan fingerprint density at radius 1 is 1.13 bits per heavy atom. The number of benzene rings is 2. The zero-order valence-electron chi connectivity index (χ0n) is 16.6. The summed E-state index contributed by atoms with van der Waals surface area (Å²) in [4.78, 5) is 17.3. The number of thioether (sulfide) groups is 2. The molecule has 0 atom stereocenters. The monoisotopic (exact) mass is 459 g/mol. The topological polar surface area (TPSA) is 72.7 Å². The lowest BCUT2D eigenvalue weighted by atomic mass is 10.2. The molecule has 0 saturated heterocycles. The van der Waals surface area contributed by atoms with E-state index in [0.29, 0.717) is 27.5 Å². The van der Waals surface area contributed by atoms with Crippen LogP contribution in [0.15, 0.2) is 58.6 Å². The molecule has 6 nitrogen and oxygen atoms in total. The summed E-state index contributed by atoms with van der Waals surface area (Å²) in [6, 6.07) is 14.4. The molecule has 0 unspecified atom stereocenters. The van der Waals surface area contributed by atoms with Crippen molar-refractivity contribution in [1.82, 2.24) is 19.7 Å². The third kappa shape index (κ3) is 4.80. The van der Waals surface area contributed by atoms with Crippen LogP contribution in [0.1, 0.15) is 13.3 Å². The summed E-state index contributed by atoms with van der Waals surface area (Å²) in [6.45, 7) is 2.89. The minimum atomic E-state index is -2.56. The zero-order chi connectivity index (χ0) is 21.8. The number of carbonyl (C=O) groups excluding carboxylic acids is 1. The fourth-order valence-corrected chi connectivity index (χ4v) is 4.46. The number of hydrogen-bond acceptors (Lipinski definition) is 6. The van der Waals surface area contributed by atoms with Crippen molar-refractivity contribution in [3.8, 4) is 0 Å². The molecule has 1 N–H and O–H groups in total. The number of aryl methyl sites for hydroxylation is 1. The number of amides is 1. The van der Waals surface area contributed by atoms with Crippen LogP contribution in [0.3, 0.4) is 0 Å². The minimum Gasteiger partial charge on any atom is -0.324 e. The molecule has 4 aromatic rings. The van der Waals surface area contributed by atoms with Crippen molar-refractivity contribution in [1.29, 1.82) is 0 Å². The molecule has 2 aromatic heterocycles. The molecule has 2 heterocycles. The molecule has 0 aliphatic carbocycles. The van der Waals surface area contributed by atoms with E-state index in [1.54, 1.807) is 24.3 Å². The van der Waals surface area contributed by atoms with Crippen LogP contribution in [0.5, 0.6) is 0 Å². The summed E-state index contributed by atoms with van der Waals surface area (Å²) in [5.41, 5.74) is 2.88. The first-order valence-corrected chi connectivity index (χ1v) is 11.5. The number of nitrogens with one attached hydrogen (secondary N) is 1. The maximum absolute atomic E-state index is 12.7. The third-order valence-electron chi connectivity index (χ3n) is 4.51. The van der Waals surface area contributed by atoms with Crippen molar-refractivity contribution in [2.75, 3.05) is 11.1 Å². The van der Waals surface area contributed by atoms with Gasteiger partial charge in [0.25, 0.3) is 5.76 Å². The lowest BCUT2D eigenvalue weighted by Crippen LogP contribution is -2.15. The molecule has 4 rings (SSSR count). The van der Waals surface area contributed by atoms with Gasteiger partial charge in [0, 0.05) is 16.8 Å². The summed E-state index contributed by atoms with van der Waals surface area (Å²) in [7, 11) is 0. The Hall–Kier alpha value is -2.72. The standard InChI is InChI=1S/C21H19F2N5OS2/c1-2-11-28-15-9-5-3-7-13(15)18-19(28)25-21(27-26-18)30-12-17(29)24-14-8-4-6-10-16(14)31-20(22)23/h3-10,20H,2,11-12H2,1H3,(H,24,29). The molecule has 31 heavy (non-hydrogen) atoms. The Bertz CT molecular complexity index is 1230. The summed E-state index contributed by atoms with van der Waals surface area (Å²) in [6.07, 6.45) is 0.943. The summed E-state index contributed by atoms with van der Waals surface area (Å²) in [5.74, 6) is -2.85. The van der Waals surface area contributed by atoms with Gasteiger partial charge >= 0.3 is 0 Å². The average molecular weight is 460 g/mol. The first-order valence-electron chi connectivity index (χ1n) is 9.65.